The lowest BCUT2D eigenvalue weighted by atomic mass is 9.68. The Morgan fingerprint density at radius 3 is 2.42 bits per heavy atom. The van der Waals surface area contributed by atoms with Crippen molar-refractivity contribution in [2.75, 3.05) is 19.7 Å². The fourth-order valence-corrected chi connectivity index (χ4v) is 5.34. The first kappa shape index (κ1) is 18.3. The summed E-state index contributed by atoms with van der Waals surface area (Å²) in [6.45, 7) is 4.43. The maximum absolute atomic E-state index is 13.0. The quantitative estimate of drug-likeness (QED) is 0.682. The fraction of sp³-hybridized carbons (Fsp3) is 0.905. The van der Waals surface area contributed by atoms with Crippen LogP contribution in [0.25, 0.3) is 0 Å². The van der Waals surface area contributed by atoms with Crippen molar-refractivity contribution in [1.82, 2.24) is 9.80 Å². The molecule has 4 fully saturated rings. The summed E-state index contributed by atoms with van der Waals surface area (Å²) < 4.78 is 6.16. The molecule has 1 atom stereocenters. The van der Waals surface area contributed by atoms with Crippen molar-refractivity contribution >= 4 is 11.8 Å². The summed E-state index contributed by atoms with van der Waals surface area (Å²) in [4.78, 5) is 29.4. The Morgan fingerprint density at radius 1 is 1.12 bits per heavy atom. The van der Waals surface area contributed by atoms with Crippen molar-refractivity contribution in [3.63, 3.8) is 0 Å². The molecule has 1 unspecified atom stereocenters. The molecule has 4 aliphatic rings. The minimum absolute atomic E-state index is 0.0372. The zero-order valence-corrected chi connectivity index (χ0v) is 16.3. The predicted octanol–water partition coefficient (Wildman–Crippen LogP) is 3.12. The molecular weight excluding hydrogens is 328 g/mol. The number of likely N-dealkylation sites (tertiary alicyclic amines) is 2. The van der Waals surface area contributed by atoms with E-state index in [0.29, 0.717) is 18.4 Å². The van der Waals surface area contributed by atoms with Crippen molar-refractivity contribution in [2.45, 2.75) is 95.2 Å². The van der Waals surface area contributed by atoms with Gasteiger partial charge in [-0.05, 0) is 50.9 Å². The van der Waals surface area contributed by atoms with Crippen molar-refractivity contribution in [2.24, 2.45) is 5.92 Å². The average Bonchev–Trinajstić information content (AvgIpc) is 3.48. The predicted molar refractivity (Wildman–Crippen MR) is 99.6 cm³/mol. The van der Waals surface area contributed by atoms with Gasteiger partial charge < -0.3 is 14.5 Å². The summed E-state index contributed by atoms with van der Waals surface area (Å²) in [5.41, 5.74) is -0.0372. The molecule has 26 heavy (non-hydrogen) atoms. The number of hydrogen-bond acceptors (Lipinski definition) is 3. The van der Waals surface area contributed by atoms with Gasteiger partial charge in [0.05, 0.1) is 12.1 Å². The molecule has 4 rings (SSSR count). The van der Waals surface area contributed by atoms with Crippen LogP contribution in [0.2, 0.25) is 0 Å². The highest BCUT2D eigenvalue weighted by Crippen LogP contribution is 2.48. The summed E-state index contributed by atoms with van der Waals surface area (Å²) in [5, 5.41) is 0. The highest BCUT2D eigenvalue weighted by Gasteiger charge is 2.62. The summed E-state index contributed by atoms with van der Waals surface area (Å²) in [6, 6.07) is 0.298. The Hall–Kier alpha value is -1.10. The van der Waals surface area contributed by atoms with Crippen LogP contribution in [0.1, 0.15) is 77.6 Å². The maximum atomic E-state index is 13.0. The highest BCUT2D eigenvalue weighted by molar-refractivity contribution is 5.91. The molecule has 146 valence electrons. The molecule has 0 aromatic rings. The zero-order chi connectivity index (χ0) is 18.1. The molecule has 2 saturated carbocycles. The van der Waals surface area contributed by atoms with Gasteiger partial charge in [0.1, 0.15) is 0 Å². The van der Waals surface area contributed by atoms with Gasteiger partial charge in [0.15, 0.2) is 6.10 Å². The first-order chi connectivity index (χ1) is 12.7. The second kappa shape index (κ2) is 7.49. The van der Waals surface area contributed by atoms with Gasteiger partial charge in [-0.2, -0.15) is 0 Å². The Bertz CT molecular complexity index is 531. The summed E-state index contributed by atoms with van der Waals surface area (Å²) in [7, 11) is 0. The van der Waals surface area contributed by atoms with Crippen LogP contribution in [0.15, 0.2) is 0 Å². The van der Waals surface area contributed by atoms with E-state index in [-0.39, 0.29) is 23.5 Å². The topological polar surface area (TPSA) is 49.9 Å². The molecule has 0 radical (unpaired) electrons. The Balaban J connectivity index is 1.40. The van der Waals surface area contributed by atoms with Crippen LogP contribution < -0.4 is 0 Å². The molecule has 2 aliphatic carbocycles. The van der Waals surface area contributed by atoms with Crippen LogP contribution in [-0.4, -0.2) is 59.0 Å². The number of hydrogen-bond donors (Lipinski definition) is 0. The largest absolute Gasteiger partial charge is 0.366 e. The van der Waals surface area contributed by atoms with Crippen LogP contribution in [0.3, 0.4) is 0 Å². The average molecular weight is 363 g/mol. The van der Waals surface area contributed by atoms with E-state index in [1.54, 1.807) is 0 Å². The minimum atomic E-state index is -0.192. The van der Waals surface area contributed by atoms with Gasteiger partial charge in [-0.15, -0.1) is 0 Å². The van der Waals surface area contributed by atoms with E-state index in [1.165, 1.54) is 32.1 Å². The Morgan fingerprint density at radius 2 is 1.81 bits per heavy atom. The number of piperidine rings is 1. The van der Waals surface area contributed by atoms with E-state index in [9.17, 15) is 9.59 Å². The van der Waals surface area contributed by atoms with Crippen molar-refractivity contribution in [3.05, 3.63) is 0 Å². The molecule has 0 N–H and O–H groups in total. The van der Waals surface area contributed by atoms with Crippen LogP contribution >= 0.6 is 0 Å². The van der Waals surface area contributed by atoms with Crippen LogP contribution in [0.5, 0.6) is 0 Å². The molecule has 2 saturated heterocycles. The van der Waals surface area contributed by atoms with Crippen molar-refractivity contribution in [3.8, 4) is 0 Å². The van der Waals surface area contributed by atoms with Gasteiger partial charge >= 0.3 is 0 Å². The molecule has 5 heteroatoms. The van der Waals surface area contributed by atoms with Gasteiger partial charge in [0, 0.05) is 25.6 Å². The number of amides is 2. The number of carbonyl (C=O) groups is 2. The lowest BCUT2D eigenvalue weighted by Gasteiger charge is -2.62. The number of nitrogens with zero attached hydrogens (tertiary/aromatic N) is 2. The van der Waals surface area contributed by atoms with E-state index in [2.05, 4.69) is 11.8 Å². The molecular formula is C21H34N2O3. The number of ether oxygens (including phenoxy) is 1. The molecule has 2 amide bonds. The first-order valence-corrected chi connectivity index (χ1v) is 10.9. The van der Waals surface area contributed by atoms with Gasteiger partial charge in [-0.1, -0.05) is 26.2 Å². The first-order valence-electron chi connectivity index (χ1n) is 10.9. The molecule has 2 heterocycles. The monoisotopic (exact) mass is 362 g/mol. The normalized spacial score (nSPS) is 29.1. The number of carbonyl (C=O) groups excluding carboxylic acids is 2. The maximum Gasteiger partial charge on any atom is 0.254 e. The second-order valence-electron chi connectivity index (χ2n) is 8.89. The summed E-state index contributed by atoms with van der Waals surface area (Å²) in [5.74, 6) is 1.20. The van der Waals surface area contributed by atoms with E-state index >= 15 is 0 Å². The summed E-state index contributed by atoms with van der Waals surface area (Å²) >= 11 is 0. The summed E-state index contributed by atoms with van der Waals surface area (Å²) in [6.07, 6.45) is 11.7. The number of β-lactam (4-membered cyclic amide) rings is 1. The highest BCUT2D eigenvalue weighted by atomic mass is 16.5. The molecule has 2 aliphatic heterocycles. The lowest BCUT2D eigenvalue weighted by molar-refractivity contribution is -0.211. The van der Waals surface area contributed by atoms with E-state index in [4.69, 9.17) is 4.74 Å². The second-order valence-corrected chi connectivity index (χ2v) is 8.89. The number of rotatable bonds is 6. The van der Waals surface area contributed by atoms with E-state index in [1.807, 2.05) is 4.90 Å². The van der Waals surface area contributed by atoms with Crippen molar-refractivity contribution < 1.29 is 14.3 Å². The molecule has 0 aromatic heterocycles. The molecule has 5 nitrogen and oxygen atoms in total. The Kier molecular flexibility index (Phi) is 5.27. The third-order valence-corrected chi connectivity index (χ3v) is 6.99. The Labute approximate surface area is 157 Å². The van der Waals surface area contributed by atoms with Crippen LogP contribution in [0.4, 0.5) is 0 Å². The van der Waals surface area contributed by atoms with Gasteiger partial charge in [0.25, 0.3) is 5.91 Å². The lowest BCUT2D eigenvalue weighted by Crippen LogP contribution is -2.78. The molecule has 1 spiro atoms. The molecule has 0 aromatic carbocycles. The van der Waals surface area contributed by atoms with Crippen LogP contribution in [0, 0.1) is 5.92 Å². The van der Waals surface area contributed by atoms with Crippen molar-refractivity contribution in [1.29, 1.82) is 0 Å². The van der Waals surface area contributed by atoms with E-state index in [0.717, 1.165) is 51.8 Å². The smallest absolute Gasteiger partial charge is 0.254 e. The fourth-order valence-electron chi connectivity index (χ4n) is 5.34. The third-order valence-electron chi connectivity index (χ3n) is 6.99. The SMILES string of the molecule is CCCC(=O)N1CCC(N2C(=O)C(OCC3CC3)C23CCCCC3)CC1. The zero-order valence-electron chi connectivity index (χ0n) is 16.3. The minimum Gasteiger partial charge on any atom is -0.366 e. The van der Waals surface area contributed by atoms with Crippen LogP contribution in [-0.2, 0) is 14.3 Å². The van der Waals surface area contributed by atoms with Gasteiger partial charge in [-0.3, -0.25) is 9.59 Å². The van der Waals surface area contributed by atoms with Gasteiger partial charge in [-0.25, -0.2) is 0 Å². The molecule has 0 bridgehead atoms. The third kappa shape index (κ3) is 3.28. The standard InChI is InChI=1S/C21H34N2O3/c1-2-6-18(24)22-13-9-17(10-14-22)23-20(25)19(26-15-16-7-8-16)21(23)11-4-3-5-12-21/h16-17,19H,2-15H2,1H3. The van der Waals surface area contributed by atoms with E-state index < -0.39 is 0 Å². The van der Waals surface area contributed by atoms with Gasteiger partial charge in [0.2, 0.25) is 5.91 Å².